The molecule has 1 aromatic heterocycles. The first-order valence-corrected chi connectivity index (χ1v) is 8.97. The first kappa shape index (κ1) is 19.0. The minimum absolute atomic E-state index is 0.159. The van der Waals surface area contributed by atoms with Crippen LogP contribution >= 0.6 is 0 Å². The third-order valence-electron chi connectivity index (χ3n) is 4.80. The van der Waals surface area contributed by atoms with E-state index in [-0.39, 0.29) is 17.9 Å². The van der Waals surface area contributed by atoms with Gasteiger partial charge < -0.3 is 21.1 Å². The van der Waals surface area contributed by atoms with Gasteiger partial charge in [-0.1, -0.05) is 12.1 Å². The van der Waals surface area contributed by atoms with Crippen LogP contribution in [0.5, 0.6) is 0 Å². The Balaban J connectivity index is 1.59. The number of hydrogen-bond acceptors (Lipinski definition) is 5. The SMILES string of the molecule is CC(NC(=O)C1(N)CCOCC1)c1ccc(NC(=O)c2ccncc2)cc1. The van der Waals surface area contributed by atoms with Crippen LogP contribution in [0.2, 0.25) is 0 Å². The molecule has 7 heteroatoms. The Morgan fingerprint density at radius 3 is 2.37 bits per heavy atom. The quantitative estimate of drug-likeness (QED) is 0.749. The number of ether oxygens (including phenoxy) is 1. The Kier molecular flexibility index (Phi) is 5.83. The Labute approximate surface area is 158 Å². The first-order chi connectivity index (χ1) is 13.0. The molecule has 1 aliphatic rings. The van der Waals surface area contributed by atoms with Crippen molar-refractivity contribution in [3.8, 4) is 0 Å². The van der Waals surface area contributed by atoms with Gasteiger partial charge in [0.15, 0.2) is 0 Å². The summed E-state index contributed by atoms with van der Waals surface area (Å²) in [4.78, 5) is 28.6. The molecule has 1 atom stereocenters. The molecule has 1 aliphatic heterocycles. The van der Waals surface area contributed by atoms with E-state index < -0.39 is 5.54 Å². The van der Waals surface area contributed by atoms with Gasteiger partial charge in [-0.3, -0.25) is 14.6 Å². The number of amides is 2. The van der Waals surface area contributed by atoms with Gasteiger partial charge >= 0.3 is 0 Å². The molecule has 142 valence electrons. The van der Waals surface area contributed by atoms with Crippen molar-refractivity contribution in [2.45, 2.75) is 31.3 Å². The Bertz CT molecular complexity index is 787. The molecule has 3 rings (SSSR count). The number of carbonyl (C=O) groups excluding carboxylic acids is 2. The lowest BCUT2D eigenvalue weighted by Crippen LogP contribution is -2.57. The van der Waals surface area contributed by atoms with E-state index in [2.05, 4.69) is 15.6 Å². The van der Waals surface area contributed by atoms with E-state index in [4.69, 9.17) is 10.5 Å². The largest absolute Gasteiger partial charge is 0.381 e. The van der Waals surface area contributed by atoms with Crippen LogP contribution in [0.15, 0.2) is 48.8 Å². The van der Waals surface area contributed by atoms with Crippen molar-refractivity contribution < 1.29 is 14.3 Å². The molecule has 0 bridgehead atoms. The van der Waals surface area contributed by atoms with Crippen molar-refractivity contribution >= 4 is 17.5 Å². The van der Waals surface area contributed by atoms with Crippen molar-refractivity contribution in [2.24, 2.45) is 5.73 Å². The van der Waals surface area contributed by atoms with Crippen LogP contribution < -0.4 is 16.4 Å². The van der Waals surface area contributed by atoms with Gasteiger partial charge in [-0.05, 0) is 49.6 Å². The van der Waals surface area contributed by atoms with Gasteiger partial charge in [0.1, 0.15) is 0 Å². The maximum absolute atomic E-state index is 12.5. The second-order valence-corrected chi connectivity index (χ2v) is 6.78. The lowest BCUT2D eigenvalue weighted by Gasteiger charge is -2.33. The van der Waals surface area contributed by atoms with Gasteiger partial charge in [-0.25, -0.2) is 0 Å². The van der Waals surface area contributed by atoms with Gasteiger partial charge in [0.05, 0.1) is 11.6 Å². The van der Waals surface area contributed by atoms with Gasteiger partial charge in [0.2, 0.25) is 5.91 Å². The van der Waals surface area contributed by atoms with Gasteiger partial charge in [0, 0.05) is 36.9 Å². The van der Waals surface area contributed by atoms with Crippen LogP contribution in [0, 0.1) is 0 Å². The van der Waals surface area contributed by atoms with Gasteiger partial charge in [-0.15, -0.1) is 0 Å². The van der Waals surface area contributed by atoms with Crippen LogP contribution in [0.3, 0.4) is 0 Å². The molecule has 0 aliphatic carbocycles. The van der Waals surface area contributed by atoms with Crippen molar-refractivity contribution in [1.29, 1.82) is 0 Å². The topological polar surface area (TPSA) is 106 Å². The second-order valence-electron chi connectivity index (χ2n) is 6.78. The number of aromatic nitrogens is 1. The summed E-state index contributed by atoms with van der Waals surface area (Å²) in [7, 11) is 0. The normalized spacial score (nSPS) is 17.0. The summed E-state index contributed by atoms with van der Waals surface area (Å²) in [5, 5.41) is 5.81. The minimum Gasteiger partial charge on any atom is -0.381 e. The smallest absolute Gasteiger partial charge is 0.255 e. The summed E-state index contributed by atoms with van der Waals surface area (Å²) < 4.78 is 5.28. The number of pyridine rings is 1. The Hall–Kier alpha value is -2.77. The van der Waals surface area contributed by atoms with Crippen molar-refractivity contribution in [1.82, 2.24) is 10.3 Å². The lowest BCUT2D eigenvalue weighted by molar-refractivity contribution is -0.130. The molecule has 2 heterocycles. The molecule has 1 unspecified atom stereocenters. The summed E-state index contributed by atoms with van der Waals surface area (Å²) >= 11 is 0. The predicted molar refractivity (Wildman–Crippen MR) is 102 cm³/mol. The zero-order valence-corrected chi connectivity index (χ0v) is 15.3. The molecule has 2 aromatic rings. The van der Waals surface area contributed by atoms with Crippen molar-refractivity contribution in [3.05, 3.63) is 59.9 Å². The predicted octanol–water partition coefficient (Wildman–Crippen LogP) is 2.02. The summed E-state index contributed by atoms with van der Waals surface area (Å²) in [5.74, 6) is -0.357. The first-order valence-electron chi connectivity index (χ1n) is 8.97. The Morgan fingerprint density at radius 2 is 1.74 bits per heavy atom. The number of rotatable bonds is 5. The van der Waals surface area contributed by atoms with Crippen LogP contribution in [0.4, 0.5) is 5.69 Å². The molecule has 0 spiro atoms. The van der Waals surface area contributed by atoms with Crippen LogP contribution in [-0.2, 0) is 9.53 Å². The van der Waals surface area contributed by atoms with Gasteiger partial charge in [-0.2, -0.15) is 0 Å². The van der Waals surface area contributed by atoms with E-state index in [0.717, 1.165) is 5.56 Å². The van der Waals surface area contributed by atoms with E-state index >= 15 is 0 Å². The average Bonchev–Trinajstić information content (AvgIpc) is 2.69. The second kappa shape index (κ2) is 8.28. The standard InChI is InChI=1S/C20H24N4O3/c1-14(23-19(26)20(21)8-12-27-13-9-20)15-2-4-17(5-3-15)24-18(25)16-6-10-22-11-7-16/h2-7,10-11,14H,8-9,12-13,21H2,1H3,(H,23,26)(H,24,25). The third-order valence-corrected chi connectivity index (χ3v) is 4.80. The zero-order valence-electron chi connectivity index (χ0n) is 15.3. The van der Waals surface area contributed by atoms with Crippen LogP contribution in [-0.4, -0.2) is 35.6 Å². The maximum atomic E-state index is 12.5. The third kappa shape index (κ3) is 4.69. The van der Waals surface area contributed by atoms with E-state index in [0.29, 0.717) is 37.3 Å². The fourth-order valence-electron chi connectivity index (χ4n) is 2.95. The maximum Gasteiger partial charge on any atom is 0.255 e. The monoisotopic (exact) mass is 368 g/mol. The number of carbonyl (C=O) groups is 2. The highest BCUT2D eigenvalue weighted by atomic mass is 16.5. The van der Waals surface area contributed by atoms with Crippen molar-refractivity contribution in [3.63, 3.8) is 0 Å². The Morgan fingerprint density at radius 1 is 1.11 bits per heavy atom. The minimum atomic E-state index is -0.870. The molecule has 1 aromatic carbocycles. The highest BCUT2D eigenvalue weighted by Crippen LogP contribution is 2.21. The van der Waals surface area contributed by atoms with E-state index in [1.165, 1.54) is 0 Å². The van der Waals surface area contributed by atoms with Crippen molar-refractivity contribution in [2.75, 3.05) is 18.5 Å². The highest BCUT2D eigenvalue weighted by Gasteiger charge is 2.36. The van der Waals surface area contributed by atoms with Crippen LogP contribution in [0.25, 0.3) is 0 Å². The molecular weight excluding hydrogens is 344 g/mol. The molecule has 2 amide bonds. The van der Waals surface area contributed by atoms with Gasteiger partial charge in [0.25, 0.3) is 5.91 Å². The number of hydrogen-bond donors (Lipinski definition) is 3. The molecule has 4 N–H and O–H groups in total. The number of nitrogens with zero attached hydrogens (tertiary/aromatic N) is 1. The molecule has 0 saturated carbocycles. The average molecular weight is 368 g/mol. The molecule has 27 heavy (non-hydrogen) atoms. The summed E-state index contributed by atoms with van der Waals surface area (Å²) in [5.41, 5.74) is 7.50. The molecule has 1 saturated heterocycles. The van der Waals surface area contributed by atoms with E-state index in [1.807, 2.05) is 31.2 Å². The summed E-state index contributed by atoms with van der Waals surface area (Å²) in [6, 6.07) is 10.5. The summed E-state index contributed by atoms with van der Waals surface area (Å²) in [6.45, 7) is 2.92. The number of anilines is 1. The number of nitrogens with two attached hydrogens (primary N) is 1. The summed E-state index contributed by atoms with van der Waals surface area (Å²) in [6.07, 6.45) is 4.19. The number of benzene rings is 1. The number of nitrogens with one attached hydrogen (secondary N) is 2. The zero-order chi connectivity index (χ0) is 19.3. The lowest BCUT2D eigenvalue weighted by atomic mass is 9.90. The highest BCUT2D eigenvalue weighted by molar-refractivity contribution is 6.04. The fourth-order valence-corrected chi connectivity index (χ4v) is 2.95. The molecule has 7 nitrogen and oxygen atoms in total. The van der Waals surface area contributed by atoms with E-state index in [1.54, 1.807) is 24.5 Å². The molecule has 0 radical (unpaired) electrons. The van der Waals surface area contributed by atoms with E-state index in [9.17, 15) is 9.59 Å². The molecular formula is C20H24N4O3. The van der Waals surface area contributed by atoms with Crippen LogP contribution in [0.1, 0.15) is 41.7 Å². The fraction of sp³-hybridized carbons (Fsp3) is 0.350. The molecule has 1 fully saturated rings.